The largest absolute Gasteiger partial charge is 0.395 e. The van der Waals surface area contributed by atoms with Crippen LogP contribution in [0.25, 0.3) is 0 Å². The Morgan fingerprint density at radius 3 is 1.71 bits per heavy atom. The summed E-state index contributed by atoms with van der Waals surface area (Å²) in [5.74, 6) is 0. The first-order chi connectivity index (χ1) is 7.65. The van der Waals surface area contributed by atoms with Gasteiger partial charge in [-0.2, -0.15) is 0 Å². The molecule has 0 aliphatic carbocycles. The van der Waals surface area contributed by atoms with E-state index in [0.29, 0.717) is 12.8 Å². The minimum Gasteiger partial charge on any atom is -0.395 e. The number of hydrogen-bond acceptors (Lipinski definition) is 4. The number of rotatable bonds is 6. The molecule has 6 N–H and O–H groups in total. The monoisotopic (exact) mass is 260 g/mol. The highest BCUT2D eigenvalue weighted by Crippen LogP contribution is 2.09. The predicted octanol–water partition coefficient (Wildman–Crippen LogP) is -0.167. The van der Waals surface area contributed by atoms with Crippen LogP contribution in [0.15, 0.2) is 24.3 Å². The van der Waals surface area contributed by atoms with E-state index >= 15 is 0 Å². The van der Waals surface area contributed by atoms with Gasteiger partial charge in [0.1, 0.15) is 0 Å². The topological polar surface area (TPSA) is 92.5 Å². The van der Waals surface area contributed by atoms with Gasteiger partial charge in [0.2, 0.25) is 0 Å². The smallest absolute Gasteiger partial charge is 0.0585 e. The van der Waals surface area contributed by atoms with Crippen molar-refractivity contribution in [3.63, 3.8) is 0 Å². The summed E-state index contributed by atoms with van der Waals surface area (Å²) in [7, 11) is 0. The molecule has 2 atom stereocenters. The highest BCUT2D eigenvalue weighted by molar-refractivity contribution is 5.85. The van der Waals surface area contributed by atoms with E-state index in [1.54, 1.807) is 0 Å². The van der Waals surface area contributed by atoms with Crippen molar-refractivity contribution >= 4 is 12.4 Å². The molecule has 0 fully saturated rings. The Bertz CT molecular complexity index is 296. The predicted molar refractivity (Wildman–Crippen MR) is 71.2 cm³/mol. The Balaban J connectivity index is 0.00000256. The molecular formula is C12H21ClN2O2. The van der Waals surface area contributed by atoms with Crippen molar-refractivity contribution in [3.8, 4) is 0 Å². The molecule has 0 aliphatic heterocycles. The first kappa shape index (κ1) is 16.4. The van der Waals surface area contributed by atoms with E-state index in [4.69, 9.17) is 21.7 Å². The van der Waals surface area contributed by atoms with Gasteiger partial charge in [-0.15, -0.1) is 12.4 Å². The van der Waals surface area contributed by atoms with Gasteiger partial charge in [-0.05, 0) is 24.0 Å². The second kappa shape index (κ2) is 8.44. The zero-order valence-corrected chi connectivity index (χ0v) is 10.6. The van der Waals surface area contributed by atoms with Crippen LogP contribution in [0.5, 0.6) is 0 Å². The van der Waals surface area contributed by atoms with Gasteiger partial charge in [-0.3, -0.25) is 0 Å². The molecule has 5 heteroatoms. The van der Waals surface area contributed by atoms with E-state index in [2.05, 4.69) is 0 Å². The zero-order valence-electron chi connectivity index (χ0n) is 9.75. The lowest BCUT2D eigenvalue weighted by atomic mass is 10.0. The maximum Gasteiger partial charge on any atom is 0.0585 e. The molecule has 0 bridgehead atoms. The van der Waals surface area contributed by atoms with Crippen molar-refractivity contribution in [2.75, 3.05) is 13.2 Å². The normalized spacial score (nSPS) is 13.9. The van der Waals surface area contributed by atoms with Crippen molar-refractivity contribution in [3.05, 3.63) is 35.4 Å². The fourth-order valence-electron chi connectivity index (χ4n) is 1.62. The van der Waals surface area contributed by atoms with Gasteiger partial charge >= 0.3 is 0 Å². The van der Waals surface area contributed by atoms with Crippen LogP contribution in [0.1, 0.15) is 11.1 Å². The lowest BCUT2D eigenvalue weighted by Gasteiger charge is -2.11. The van der Waals surface area contributed by atoms with Gasteiger partial charge in [-0.1, -0.05) is 24.3 Å². The van der Waals surface area contributed by atoms with Crippen molar-refractivity contribution in [1.82, 2.24) is 0 Å². The van der Waals surface area contributed by atoms with Crippen molar-refractivity contribution in [2.45, 2.75) is 24.9 Å². The van der Waals surface area contributed by atoms with Crippen LogP contribution in [0.4, 0.5) is 0 Å². The van der Waals surface area contributed by atoms with E-state index in [1.165, 1.54) is 0 Å². The first-order valence-corrected chi connectivity index (χ1v) is 5.46. The number of hydrogen-bond donors (Lipinski definition) is 4. The minimum absolute atomic E-state index is 0. The van der Waals surface area contributed by atoms with Crippen LogP contribution in [0.2, 0.25) is 0 Å². The summed E-state index contributed by atoms with van der Waals surface area (Å²) in [4.78, 5) is 0. The third-order valence-corrected chi connectivity index (χ3v) is 2.46. The molecule has 0 heterocycles. The molecule has 0 radical (unpaired) electrons. The standard InChI is InChI=1S/C12H20N2O2.ClH/c13-11(7-15)5-9-2-1-3-10(4-9)6-12(14)8-16;/h1-4,11-12,15-16H,5-8,13-14H2;1H. The second-order valence-electron chi connectivity index (χ2n) is 4.11. The molecule has 0 aromatic heterocycles. The van der Waals surface area contributed by atoms with Gasteiger partial charge in [0.05, 0.1) is 13.2 Å². The van der Waals surface area contributed by atoms with Crippen molar-refractivity contribution < 1.29 is 10.2 Å². The summed E-state index contributed by atoms with van der Waals surface area (Å²) in [6.07, 6.45) is 1.30. The number of aliphatic hydroxyl groups is 2. The quantitative estimate of drug-likeness (QED) is 0.572. The second-order valence-corrected chi connectivity index (χ2v) is 4.11. The van der Waals surface area contributed by atoms with Crippen LogP contribution >= 0.6 is 12.4 Å². The lowest BCUT2D eigenvalue weighted by Crippen LogP contribution is -2.28. The molecule has 1 aromatic rings. The van der Waals surface area contributed by atoms with Gasteiger partial charge in [0.15, 0.2) is 0 Å². The van der Waals surface area contributed by atoms with Crippen LogP contribution in [0.3, 0.4) is 0 Å². The lowest BCUT2D eigenvalue weighted by molar-refractivity contribution is 0.264. The molecule has 0 saturated heterocycles. The highest BCUT2D eigenvalue weighted by atomic mass is 35.5. The summed E-state index contributed by atoms with van der Waals surface area (Å²) in [5, 5.41) is 17.7. The van der Waals surface area contributed by atoms with Crippen LogP contribution in [-0.4, -0.2) is 35.5 Å². The molecule has 0 amide bonds. The first-order valence-electron chi connectivity index (χ1n) is 5.46. The third kappa shape index (κ3) is 6.00. The van der Waals surface area contributed by atoms with Gasteiger partial charge < -0.3 is 21.7 Å². The molecule has 0 spiro atoms. The van der Waals surface area contributed by atoms with Crippen LogP contribution in [0, 0.1) is 0 Å². The number of halogens is 1. The molecule has 0 saturated carbocycles. The van der Waals surface area contributed by atoms with Crippen LogP contribution in [-0.2, 0) is 12.8 Å². The number of aliphatic hydroxyl groups excluding tert-OH is 2. The Hall–Kier alpha value is -0.650. The molecule has 4 nitrogen and oxygen atoms in total. The minimum atomic E-state index is -0.221. The Kier molecular flexibility index (Phi) is 8.12. The summed E-state index contributed by atoms with van der Waals surface area (Å²) in [5.41, 5.74) is 13.5. The molecular weight excluding hydrogens is 240 g/mol. The van der Waals surface area contributed by atoms with Crippen molar-refractivity contribution in [1.29, 1.82) is 0 Å². The highest BCUT2D eigenvalue weighted by Gasteiger charge is 2.05. The molecule has 1 rings (SSSR count). The summed E-state index contributed by atoms with van der Waals surface area (Å²) in [6, 6.07) is 7.47. The fraction of sp³-hybridized carbons (Fsp3) is 0.500. The average Bonchev–Trinajstić information content (AvgIpc) is 2.29. The summed E-state index contributed by atoms with van der Waals surface area (Å²) in [6.45, 7) is -0.0270. The van der Waals surface area contributed by atoms with Gasteiger partial charge in [0, 0.05) is 12.1 Å². The zero-order chi connectivity index (χ0) is 12.0. The van der Waals surface area contributed by atoms with E-state index in [1.807, 2.05) is 24.3 Å². The van der Waals surface area contributed by atoms with E-state index < -0.39 is 0 Å². The Morgan fingerprint density at radius 2 is 1.35 bits per heavy atom. The van der Waals surface area contributed by atoms with Gasteiger partial charge in [-0.25, -0.2) is 0 Å². The van der Waals surface area contributed by atoms with E-state index in [0.717, 1.165) is 11.1 Å². The molecule has 2 unspecified atom stereocenters. The Morgan fingerprint density at radius 1 is 0.941 bits per heavy atom. The Labute approximate surface area is 108 Å². The number of nitrogens with two attached hydrogens (primary N) is 2. The molecule has 17 heavy (non-hydrogen) atoms. The van der Waals surface area contributed by atoms with E-state index in [9.17, 15) is 0 Å². The maximum absolute atomic E-state index is 8.87. The SMILES string of the molecule is Cl.NC(CO)Cc1cccc(CC(N)CO)c1. The van der Waals surface area contributed by atoms with Crippen LogP contribution < -0.4 is 11.5 Å². The maximum atomic E-state index is 8.87. The van der Waals surface area contributed by atoms with Crippen molar-refractivity contribution in [2.24, 2.45) is 11.5 Å². The molecule has 1 aromatic carbocycles. The fourth-order valence-corrected chi connectivity index (χ4v) is 1.62. The molecule has 98 valence electrons. The summed E-state index contributed by atoms with van der Waals surface area (Å²) < 4.78 is 0. The number of benzene rings is 1. The summed E-state index contributed by atoms with van der Waals surface area (Å²) >= 11 is 0. The van der Waals surface area contributed by atoms with Gasteiger partial charge in [0.25, 0.3) is 0 Å². The van der Waals surface area contributed by atoms with E-state index in [-0.39, 0.29) is 37.7 Å². The third-order valence-electron chi connectivity index (χ3n) is 2.46. The average molecular weight is 261 g/mol. The molecule has 0 aliphatic rings.